The zero-order valence-electron chi connectivity index (χ0n) is 9.78. The fourth-order valence-corrected chi connectivity index (χ4v) is 1.26. The van der Waals surface area contributed by atoms with Crippen molar-refractivity contribution < 1.29 is 5.11 Å². The molecular formula is C11H19N3O. The van der Waals surface area contributed by atoms with Gasteiger partial charge in [0.05, 0.1) is 17.8 Å². The van der Waals surface area contributed by atoms with E-state index < -0.39 is 0 Å². The first-order chi connectivity index (χ1) is 6.88. The number of aryl methyl sites for hydroxylation is 1. The lowest BCUT2D eigenvalue weighted by atomic mass is 10.1. The number of hydrogen-bond donors (Lipinski definition) is 2. The van der Waals surface area contributed by atoms with Gasteiger partial charge in [-0.15, -0.1) is 0 Å². The van der Waals surface area contributed by atoms with Crippen LogP contribution in [0.3, 0.4) is 0 Å². The van der Waals surface area contributed by atoms with E-state index in [-0.39, 0.29) is 12.1 Å². The van der Waals surface area contributed by atoms with Crippen LogP contribution in [-0.4, -0.2) is 29.3 Å². The van der Waals surface area contributed by atoms with E-state index in [1.807, 2.05) is 38.8 Å². The normalized spacial score (nSPS) is 11.5. The van der Waals surface area contributed by atoms with Crippen LogP contribution in [0, 0.1) is 6.92 Å². The van der Waals surface area contributed by atoms with Crippen LogP contribution in [0.25, 0.3) is 0 Å². The molecule has 84 valence electrons. The van der Waals surface area contributed by atoms with Crippen LogP contribution in [0.2, 0.25) is 0 Å². The summed E-state index contributed by atoms with van der Waals surface area (Å²) in [4.78, 5) is 6.17. The van der Waals surface area contributed by atoms with Crippen LogP contribution in [0.15, 0.2) is 12.3 Å². The van der Waals surface area contributed by atoms with Gasteiger partial charge in [0, 0.05) is 13.2 Å². The quantitative estimate of drug-likeness (QED) is 0.784. The summed E-state index contributed by atoms with van der Waals surface area (Å²) in [6.07, 6.45) is 1.77. The third kappa shape index (κ3) is 2.39. The van der Waals surface area contributed by atoms with Crippen molar-refractivity contribution >= 4 is 11.5 Å². The molecule has 1 aromatic heterocycles. The summed E-state index contributed by atoms with van der Waals surface area (Å²) < 4.78 is 0. The van der Waals surface area contributed by atoms with Crippen LogP contribution >= 0.6 is 0 Å². The predicted molar refractivity (Wildman–Crippen MR) is 63.0 cm³/mol. The van der Waals surface area contributed by atoms with Gasteiger partial charge in [-0.2, -0.15) is 0 Å². The number of rotatable bonds is 3. The zero-order valence-corrected chi connectivity index (χ0v) is 9.78. The maximum absolute atomic E-state index is 9.26. The highest BCUT2D eigenvalue weighted by Gasteiger charge is 2.24. The van der Waals surface area contributed by atoms with E-state index in [1.54, 1.807) is 6.20 Å². The Bertz CT molecular complexity index is 350. The van der Waals surface area contributed by atoms with E-state index in [9.17, 15) is 5.11 Å². The number of aliphatic hydroxyl groups is 1. The fraction of sp³-hybridized carbons (Fsp3) is 0.545. The molecule has 3 N–H and O–H groups in total. The Hall–Kier alpha value is -1.29. The maximum Gasteiger partial charge on any atom is 0.152 e. The van der Waals surface area contributed by atoms with E-state index in [1.165, 1.54) is 0 Å². The first-order valence-electron chi connectivity index (χ1n) is 4.95. The number of nitrogens with zero attached hydrogens (tertiary/aromatic N) is 2. The Balaban J connectivity index is 3.06. The summed E-state index contributed by atoms with van der Waals surface area (Å²) in [6, 6.07) is 1.88. The average molecular weight is 209 g/mol. The SMILES string of the molecule is Cc1cnc(N(C)C(C)(C)CO)c(N)c1. The number of likely N-dealkylation sites (N-methyl/N-ethyl adjacent to an activating group) is 1. The van der Waals surface area contributed by atoms with E-state index in [0.29, 0.717) is 11.5 Å². The van der Waals surface area contributed by atoms with Gasteiger partial charge in [0.15, 0.2) is 5.82 Å². The number of aliphatic hydroxyl groups excluding tert-OH is 1. The van der Waals surface area contributed by atoms with Gasteiger partial charge >= 0.3 is 0 Å². The first kappa shape index (κ1) is 11.8. The lowest BCUT2D eigenvalue weighted by Gasteiger charge is -2.35. The highest BCUT2D eigenvalue weighted by atomic mass is 16.3. The molecule has 0 spiro atoms. The molecule has 15 heavy (non-hydrogen) atoms. The second-order valence-corrected chi connectivity index (χ2v) is 4.46. The van der Waals surface area contributed by atoms with Gasteiger partial charge in [0.2, 0.25) is 0 Å². The summed E-state index contributed by atoms with van der Waals surface area (Å²) in [5, 5.41) is 9.26. The summed E-state index contributed by atoms with van der Waals surface area (Å²) in [6.45, 7) is 5.88. The van der Waals surface area contributed by atoms with Crippen molar-refractivity contribution in [3.63, 3.8) is 0 Å². The molecule has 0 amide bonds. The van der Waals surface area contributed by atoms with Crippen LogP contribution in [0.1, 0.15) is 19.4 Å². The van der Waals surface area contributed by atoms with Gasteiger partial charge in [0.25, 0.3) is 0 Å². The van der Waals surface area contributed by atoms with Crippen LogP contribution in [0.5, 0.6) is 0 Å². The number of hydrogen-bond acceptors (Lipinski definition) is 4. The van der Waals surface area contributed by atoms with Gasteiger partial charge in [-0.3, -0.25) is 0 Å². The smallest absolute Gasteiger partial charge is 0.152 e. The molecule has 0 aliphatic heterocycles. The molecule has 0 aromatic carbocycles. The van der Waals surface area contributed by atoms with Crippen LogP contribution in [0.4, 0.5) is 11.5 Å². The van der Waals surface area contributed by atoms with E-state index in [4.69, 9.17) is 5.73 Å². The summed E-state index contributed by atoms with van der Waals surface area (Å²) in [5.41, 5.74) is 7.19. The monoisotopic (exact) mass is 209 g/mol. The minimum atomic E-state index is -0.365. The number of nitrogens with two attached hydrogens (primary N) is 1. The molecular weight excluding hydrogens is 190 g/mol. The Morgan fingerprint density at radius 2 is 2.13 bits per heavy atom. The standard InChI is InChI=1S/C11H19N3O/c1-8-5-9(12)10(13-6-8)14(4)11(2,3)7-15/h5-6,15H,7,12H2,1-4H3. The zero-order chi connectivity index (χ0) is 11.6. The summed E-state index contributed by atoms with van der Waals surface area (Å²) in [5.74, 6) is 0.708. The van der Waals surface area contributed by atoms with Gasteiger partial charge in [-0.1, -0.05) is 0 Å². The number of pyridine rings is 1. The topological polar surface area (TPSA) is 62.4 Å². The molecule has 0 saturated carbocycles. The maximum atomic E-state index is 9.26. The van der Waals surface area contributed by atoms with Crippen molar-refractivity contribution in [2.75, 3.05) is 24.3 Å². The van der Waals surface area contributed by atoms with Gasteiger partial charge in [0.1, 0.15) is 0 Å². The van der Waals surface area contributed by atoms with Crippen molar-refractivity contribution in [1.82, 2.24) is 4.98 Å². The van der Waals surface area contributed by atoms with E-state index in [0.717, 1.165) is 5.56 Å². The Kier molecular flexibility index (Phi) is 3.19. The number of aromatic nitrogens is 1. The van der Waals surface area contributed by atoms with Crippen molar-refractivity contribution in [2.45, 2.75) is 26.3 Å². The minimum absolute atomic E-state index is 0.0541. The molecule has 1 aromatic rings. The number of nitrogen functional groups attached to an aromatic ring is 1. The van der Waals surface area contributed by atoms with Crippen molar-refractivity contribution in [1.29, 1.82) is 0 Å². The third-order valence-corrected chi connectivity index (χ3v) is 2.64. The summed E-state index contributed by atoms with van der Waals surface area (Å²) in [7, 11) is 1.88. The van der Waals surface area contributed by atoms with Gasteiger partial charge < -0.3 is 15.7 Å². The first-order valence-corrected chi connectivity index (χ1v) is 4.95. The third-order valence-electron chi connectivity index (χ3n) is 2.64. The molecule has 0 atom stereocenters. The second-order valence-electron chi connectivity index (χ2n) is 4.46. The van der Waals surface area contributed by atoms with Crippen molar-refractivity contribution in [2.24, 2.45) is 0 Å². The molecule has 0 saturated heterocycles. The van der Waals surface area contributed by atoms with E-state index >= 15 is 0 Å². The molecule has 0 bridgehead atoms. The molecule has 0 radical (unpaired) electrons. The van der Waals surface area contributed by atoms with Gasteiger partial charge in [-0.25, -0.2) is 4.98 Å². The Morgan fingerprint density at radius 3 is 2.60 bits per heavy atom. The molecule has 0 aliphatic rings. The van der Waals surface area contributed by atoms with E-state index in [2.05, 4.69) is 4.98 Å². The molecule has 1 heterocycles. The fourth-order valence-electron chi connectivity index (χ4n) is 1.26. The van der Waals surface area contributed by atoms with Crippen LogP contribution < -0.4 is 10.6 Å². The van der Waals surface area contributed by atoms with Crippen LogP contribution in [-0.2, 0) is 0 Å². The highest BCUT2D eigenvalue weighted by Crippen LogP contribution is 2.25. The lowest BCUT2D eigenvalue weighted by Crippen LogP contribution is -2.45. The number of anilines is 2. The molecule has 1 rings (SSSR count). The molecule has 0 unspecified atom stereocenters. The van der Waals surface area contributed by atoms with Crippen molar-refractivity contribution in [3.8, 4) is 0 Å². The lowest BCUT2D eigenvalue weighted by molar-refractivity contribution is 0.216. The second kappa shape index (κ2) is 4.06. The highest BCUT2D eigenvalue weighted by molar-refractivity contribution is 5.64. The largest absolute Gasteiger partial charge is 0.396 e. The molecule has 0 fully saturated rings. The Morgan fingerprint density at radius 1 is 1.53 bits per heavy atom. The molecule has 0 aliphatic carbocycles. The van der Waals surface area contributed by atoms with Crippen molar-refractivity contribution in [3.05, 3.63) is 17.8 Å². The van der Waals surface area contributed by atoms with Gasteiger partial charge in [-0.05, 0) is 32.4 Å². The minimum Gasteiger partial charge on any atom is -0.396 e. The predicted octanol–water partition coefficient (Wildman–Crippen LogP) is 1.18. The Labute approximate surface area is 90.7 Å². The molecule has 4 nitrogen and oxygen atoms in total. The average Bonchev–Trinajstić information content (AvgIpc) is 2.17. The summed E-state index contributed by atoms with van der Waals surface area (Å²) >= 11 is 0. The molecule has 4 heteroatoms.